The summed E-state index contributed by atoms with van der Waals surface area (Å²) < 4.78 is 1.48. The van der Waals surface area contributed by atoms with E-state index in [0.29, 0.717) is 5.56 Å². The van der Waals surface area contributed by atoms with Gasteiger partial charge in [0.1, 0.15) is 0 Å². The predicted molar refractivity (Wildman–Crippen MR) is 73.5 cm³/mol. The van der Waals surface area contributed by atoms with E-state index in [1.165, 1.54) is 4.40 Å². The lowest BCUT2D eigenvalue weighted by molar-refractivity contribution is 0.103. The van der Waals surface area contributed by atoms with Gasteiger partial charge in [0.2, 0.25) is 0 Å². The number of carbonyl (C=O) groups is 1. The molecule has 0 saturated carbocycles. The van der Waals surface area contributed by atoms with Crippen LogP contribution in [-0.2, 0) is 0 Å². The second kappa shape index (κ2) is 4.53. The van der Waals surface area contributed by atoms with Crippen molar-refractivity contribution in [1.82, 2.24) is 4.40 Å². The second-order valence-corrected chi connectivity index (χ2v) is 4.24. The van der Waals surface area contributed by atoms with Gasteiger partial charge in [0.15, 0.2) is 5.78 Å². The van der Waals surface area contributed by atoms with Crippen molar-refractivity contribution in [1.29, 1.82) is 0 Å². The number of fused-ring (bicyclic) bond motifs is 1. The van der Waals surface area contributed by atoms with Crippen LogP contribution >= 0.6 is 0 Å². The lowest BCUT2D eigenvalue weighted by atomic mass is 10.0. The largest absolute Gasteiger partial charge is 0.288 e. The van der Waals surface area contributed by atoms with Gasteiger partial charge in [-0.05, 0) is 24.3 Å². The van der Waals surface area contributed by atoms with Crippen molar-refractivity contribution in [2.45, 2.75) is 0 Å². The van der Waals surface area contributed by atoms with Crippen molar-refractivity contribution in [3.05, 3.63) is 88.3 Å². The SMILES string of the molecule is O=C(c1ccccc1)c1ccc2ccccn2c1=O. The highest BCUT2D eigenvalue weighted by Crippen LogP contribution is 2.08. The van der Waals surface area contributed by atoms with Gasteiger partial charge < -0.3 is 0 Å². The van der Waals surface area contributed by atoms with E-state index in [0.717, 1.165) is 5.52 Å². The predicted octanol–water partition coefficient (Wildman–Crippen LogP) is 2.53. The van der Waals surface area contributed by atoms with E-state index in [9.17, 15) is 9.59 Å². The molecule has 19 heavy (non-hydrogen) atoms. The fraction of sp³-hybridized carbons (Fsp3) is 0. The summed E-state index contributed by atoms with van der Waals surface area (Å²) in [5.41, 5.74) is 1.20. The molecule has 3 nitrogen and oxygen atoms in total. The number of benzene rings is 1. The maximum atomic E-state index is 12.3. The van der Waals surface area contributed by atoms with Crippen LogP contribution in [0.4, 0.5) is 0 Å². The Morgan fingerprint density at radius 3 is 2.37 bits per heavy atom. The topological polar surface area (TPSA) is 38.5 Å². The van der Waals surface area contributed by atoms with E-state index in [1.54, 1.807) is 48.7 Å². The van der Waals surface area contributed by atoms with E-state index in [2.05, 4.69) is 0 Å². The number of pyridine rings is 2. The van der Waals surface area contributed by atoms with Gasteiger partial charge in [0, 0.05) is 17.3 Å². The van der Waals surface area contributed by atoms with Crippen molar-refractivity contribution in [2.24, 2.45) is 0 Å². The third kappa shape index (κ3) is 1.95. The van der Waals surface area contributed by atoms with Gasteiger partial charge in [-0.15, -0.1) is 0 Å². The van der Waals surface area contributed by atoms with Crippen LogP contribution in [0.15, 0.2) is 71.7 Å². The fourth-order valence-electron chi connectivity index (χ4n) is 2.06. The monoisotopic (exact) mass is 249 g/mol. The van der Waals surface area contributed by atoms with Crippen LogP contribution in [0.25, 0.3) is 5.52 Å². The van der Waals surface area contributed by atoms with Crippen molar-refractivity contribution < 1.29 is 4.79 Å². The smallest absolute Gasteiger partial charge is 0.266 e. The molecule has 0 saturated heterocycles. The molecule has 0 N–H and O–H groups in total. The minimum Gasteiger partial charge on any atom is -0.288 e. The minimum absolute atomic E-state index is 0.190. The lowest BCUT2D eigenvalue weighted by Gasteiger charge is -2.04. The van der Waals surface area contributed by atoms with Crippen molar-refractivity contribution in [3.8, 4) is 0 Å². The first-order valence-electron chi connectivity index (χ1n) is 5.97. The molecule has 0 radical (unpaired) electrons. The number of ketones is 1. The van der Waals surface area contributed by atoms with E-state index in [1.807, 2.05) is 18.2 Å². The average molecular weight is 249 g/mol. The first kappa shape index (κ1) is 11.4. The Labute approximate surface area is 109 Å². The van der Waals surface area contributed by atoms with Crippen molar-refractivity contribution in [2.75, 3.05) is 0 Å². The van der Waals surface area contributed by atoms with Gasteiger partial charge in [0.05, 0.1) is 5.56 Å². The minimum atomic E-state index is -0.285. The summed E-state index contributed by atoms with van der Waals surface area (Å²) in [5, 5.41) is 0. The van der Waals surface area contributed by atoms with Gasteiger partial charge in [0.25, 0.3) is 5.56 Å². The number of rotatable bonds is 2. The fourth-order valence-corrected chi connectivity index (χ4v) is 2.06. The maximum absolute atomic E-state index is 12.3. The summed E-state index contributed by atoms with van der Waals surface area (Å²) in [6.45, 7) is 0. The number of aromatic nitrogens is 1. The molecule has 0 unspecified atom stereocenters. The van der Waals surface area contributed by atoms with E-state index in [4.69, 9.17) is 0 Å². The highest BCUT2D eigenvalue weighted by molar-refractivity contribution is 6.08. The molecule has 0 spiro atoms. The van der Waals surface area contributed by atoms with Crippen LogP contribution in [0.2, 0.25) is 0 Å². The summed E-state index contributed by atoms with van der Waals surface area (Å²) in [6.07, 6.45) is 1.67. The summed E-state index contributed by atoms with van der Waals surface area (Å²) >= 11 is 0. The molecule has 0 aliphatic heterocycles. The number of hydrogen-bond donors (Lipinski definition) is 0. The van der Waals surface area contributed by atoms with E-state index in [-0.39, 0.29) is 16.9 Å². The Bertz CT molecular complexity index is 804. The zero-order chi connectivity index (χ0) is 13.2. The Morgan fingerprint density at radius 1 is 0.842 bits per heavy atom. The Balaban J connectivity index is 2.19. The molecule has 0 atom stereocenters. The molecule has 3 heteroatoms. The molecule has 0 aliphatic rings. The quantitative estimate of drug-likeness (QED) is 0.655. The maximum Gasteiger partial charge on any atom is 0.266 e. The molecule has 3 rings (SSSR count). The Kier molecular flexibility index (Phi) is 2.72. The van der Waals surface area contributed by atoms with Gasteiger partial charge in [-0.3, -0.25) is 14.0 Å². The first-order chi connectivity index (χ1) is 9.27. The van der Waals surface area contributed by atoms with Crippen LogP contribution in [0, 0.1) is 0 Å². The van der Waals surface area contributed by atoms with Crippen LogP contribution < -0.4 is 5.56 Å². The first-order valence-corrected chi connectivity index (χ1v) is 5.97. The van der Waals surface area contributed by atoms with Crippen molar-refractivity contribution in [3.63, 3.8) is 0 Å². The highest BCUT2D eigenvalue weighted by Gasteiger charge is 2.13. The molecule has 0 amide bonds. The van der Waals surface area contributed by atoms with Crippen molar-refractivity contribution >= 4 is 11.3 Å². The molecule has 92 valence electrons. The Hall–Kier alpha value is -2.68. The summed E-state index contributed by atoms with van der Waals surface area (Å²) in [5.74, 6) is -0.246. The van der Waals surface area contributed by atoms with Gasteiger partial charge >= 0.3 is 0 Å². The van der Waals surface area contributed by atoms with E-state index < -0.39 is 0 Å². The zero-order valence-corrected chi connectivity index (χ0v) is 10.1. The second-order valence-electron chi connectivity index (χ2n) is 4.24. The van der Waals surface area contributed by atoms with E-state index >= 15 is 0 Å². The molecule has 0 bridgehead atoms. The van der Waals surface area contributed by atoms with Crippen LogP contribution in [0.1, 0.15) is 15.9 Å². The Morgan fingerprint density at radius 2 is 1.58 bits per heavy atom. The van der Waals surface area contributed by atoms with Gasteiger partial charge in [-0.25, -0.2) is 0 Å². The summed E-state index contributed by atoms with van der Waals surface area (Å²) in [4.78, 5) is 24.6. The number of carbonyl (C=O) groups excluding carboxylic acids is 1. The van der Waals surface area contributed by atoms with Gasteiger partial charge in [-0.1, -0.05) is 36.4 Å². The molecule has 1 aromatic carbocycles. The molecular weight excluding hydrogens is 238 g/mol. The normalized spacial score (nSPS) is 10.5. The van der Waals surface area contributed by atoms with Crippen LogP contribution in [-0.4, -0.2) is 10.2 Å². The standard InChI is InChI=1S/C16H11NO2/c18-15(12-6-2-1-3-7-12)14-10-9-13-8-4-5-11-17(13)16(14)19/h1-11H. The lowest BCUT2D eigenvalue weighted by Crippen LogP contribution is -2.22. The molecule has 0 aliphatic carbocycles. The third-order valence-corrected chi connectivity index (χ3v) is 3.04. The zero-order valence-electron chi connectivity index (χ0n) is 10.1. The highest BCUT2D eigenvalue weighted by atomic mass is 16.1. The molecule has 2 aromatic heterocycles. The summed E-state index contributed by atoms with van der Waals surface area (Å²) in [7, 11) is 0. The molecular formula is C16H11NO2. The van der Waals surface area contributed by atoms with Gasteiger partial charge in [-0.2, -0.15) is 0 Å². The molecule has 3 aromatic rings. The van der Waals surface area contributed by atoms with Crippen LogP contribution in [0.3, 0.4) is 0 Å². The number of hydrogen-bond acceptors (Lipinski definition) is 2. The van der Waals surface area contributed by atoms with Crippen LogP contribution in [0.5, 0.6) is 0 Å². The molecule has 2 heterocycles. The number of nitrogens with zero attached hydrogens (tertiary/aromatic N) is 1. The average Bonchev–Trinajstić information content (AvgIpc) is 2.48. The molecule has 0 fully saturated rings. The summed E-state index contributed by atoms with van der Waals surface area (Å²) in [6, 6.07) is 17.6. The third-order valence-electron chi connectivity index (χ3n) is 3.04.